The summed E-state index contributed by atoms with van der Waals surface area (Å²) < 4.78 is 4.47. The van der Waals surface area contributed by atoms with E-state index in [1.54, 1.807) is 6.07 Å². The van der Waals surface area contributed by atoms with Crippen molar-refractivity contribution in [3.63, 3.8) is 0 Å². The predicted molar refractivity (Wildman–Crippen MR) is 60.1 cm³/mol. The molecule has 0 fully saturated rings. The summed E-state index contributed by atoms with van der Waals surface area (Å²) in [4.78, 5) is 21.6. The van der Waals surface area contributed by atoms with Crippen LogP contribution in [0, 0.1) is 11.8 Å². The number of aromatic hydroxyl groups is 1. The maximum absolute atomic E-state index is 11.2. The predicted octanol–water partition coefficient (Wildman–Crippen LogP) is 0.406. The topological polar surface area (TPSA) is 89.6 Å². The van der Waals surface area contributed by atoms with Gasteiger partial charge in [0.1, 0.15) is 11.3 Å². The second-order valence-electron chi connectivity index (χ2n) is 3.17. The summed E-state index contributed by atoms with van der Waals surface area (Å²) in [5.41, 5.74) is 5.46. The first-order valence-electron chi connectivity index (χ1n) is 4.73. The van der Waals surface area contributed by atoms with E-state index in [0.717, 1.165) is 0 Å². The molecule has 1 aromatic carbocycles. The van der Waals surface area contributed by atoms with Gasteiger partial charge in [0.2, 0.25) is 5.91 Å². The molecule has 5 heteroatoms. The van der Waals surface area contributed by atoms with Crippen molar-refractivity contribution in [2.75, 3.05) is 7.11 Å². The van der Waals surface area contributed by atoms with Crippen LogP contribution in [0.4, 0.5) is 0 Å². The minimum Gasteiger partial charge on any atom is -0.507 e. The van der Waals surface area contributed by atoms with Gasteiger partial charge >= 0.3 is 5.97 Å². The maximum Gasteiger partial charge on any atom is 0.341 e. The van der Waals surface area contributed by atoms with Crippen LogP contribution in [0.5, 0.6) is 5.75 Å². The molecule has 0 saturated carbocycles. The van der Waals surface area contributed by atoms with E-state index in [2.05, 4.69) is 16.6 Å². The molecular weight excluding hydrogens is 222 g/mol. The highest BCUT2D eigenvalue weighted by Crippen LogP contribution is 2.19. The summed E-state index contributed by atoms with van der Waals surface area (Å²) in [6, 6.07) is 4.26. The maximum atomic E-state index is 11.2. The molecule has 0 aliphatic carbocycles. The molecule has 88 valence electrons. The van der Waals surface area contributed by atoms with Gasteiger partial charge in [0.25, 0.3) is 0 Å². The summed E-state index contributed by atoms with van der Waals surface area (Å²) in [6.07, 6.45) is -0.0560. The molecule has 0 unspecified atom stereocenters. The number of phenolic OH excluding ortho intramolecular Hbond substituents is 1. The van der Waals surface area contributed by atoms with Gasteiger partial charge in [0, 0.05) is 5.56 Å². The van der Waals surface area contributed by atoms with Gasteiger partial charge < -0.3 is 15.6 Å². The zero-order valence-corrected chi connectivity index (χ0v) is 9.19. The number of esters is 1. The van der Waals surface area contributed by atoms with Gasteiger partial charge in [-0.05, 0) is 18.2 Å². The molecule has 5 nitrogen and oxygen atoms in total. The third-order valence-corrected chi connectivity index (χ3v) is 1.90. The Morgan fingerprint density at radius 2 is 2.18 bits per heavy atom. The van der Waals surface area contributed by atoms with Crippen molar-refractivity contribution in [2.24, 2.45) is 5.73 Å². The summed E-state index contributed by atoms with van der Waals surface area (Å²) in [6.45, 7) is 0. The normalized spacial score (nSPS) is 9.00. The first-order valence-corrected chi connectivity index (χ1v) is 4.73. The lowest BCUT2D eigenvalue weighted by Gasteiger charge is -2.02. The molecule has 0 atom stereocenters. The van der Waals surface area contributed by atoms with Gasteiger partial charge in [0.05, 0.1) is 13.5 Å². The molecule has 0 radical (unpaired) electrons. The molecule has 0 heterocycles. The molecule has 0 aliphatic rings. The highest BCUT2D eigenvalue weighted by Gasteiger charge is 2.10. The minimum atomic E-state index is -0.626. The average molecular weight is 233 g/mol. The van der Waals surface area contributed by atoms with Crippen LogP contribution in [-0.4, -0.2) is 24.1 Å². The van der Waals surface area contributed by atoms with Crippen LogP contribution in [0.3, 0.4) is 0 Å². The monoisotopic (exact) mass is 233 g/mol. The van der Waals surface area contributed by atoms with E-state index in [-0.39, 0.29) is 17.7 Å². The highest BCUT2D eigenvalue weighted by atomic mass is 16.5. The number of phenols is 1. The number of hydrogen-bond acceptors (Lipinski definition) is 4. The third-order valence-electron chi connectivity index (χ3n) is 1.90. The lowest BCUT2D eigenvalue weighted by molar-refractivity contribution is -0.117. The average Bonchev–Trinajstić information content (AvgIpc) is 2.28. The van der Waals surface area contributed by atoms with Crippen LogP contribution in [-0.2, 0) is 9.53 Å². The van der Waals surface area contributed by atoms with Gasteiger partial charge in [-0.2, -0.15) is 0 Å². The molecular formula is C12H11NO4. The van der Waals surface area contributed by atoms with Crippen molar-refractivity contribution < 1.29 is 19.4 Å². The van der Waals surface area contributed by atoms with Gasteiger partial charge in [-0.25, -0.2) is 4.79 Å². The van der Waals surface area contributed by atoms with Crippen molar-refractivity contribution >= 4 is 11.9 Å². The van der Waals surface area contributed by atoms with Gasteiger partial charge in [-0.1, -0.05) is 11.8 Å². The van der Waals surface area contributed by atoms with Crippen LogP contribution in [0.1, 0.15) is 22.3 Å². The highest BCUT2D eigenvalue weighted by molar-refractivity contribution is 5.92. The second-order valence-corrected chi connectivity index (χ2v) is 3.17. The standard InChI is InChI=1S/C12H11NO4/c1-17-12(16)9-6-5-8(7-10(9)14)3-2-4-11(13)15/h5-7,14H,4H2,1H3,(H2,13,15). The number of primary amides is 1. The molecule has 1 amide bonds. The number of amides is 1. The Balaban J connectivity index is 2.92. The number of methoxy groups -OCH3 is 1. The number of nitrogens with two attached hydrogens (primary N) is 1. The zero-order valence-electron chi connectivity index (χ0n) is 9.19. The zero-order chi connectivity index (χ0) is 12.8. The van der Waals surface area contributed by atoms with E-state index in [0.29, 0.717) is 5.56 Å². The number of benzene rings is 1. The number of carbonyl (C=O) groups is 2. The summed E-state index contributed by atoms with van der Waals surface area (Å²) in [7, 11) is 1.22. The van der Waals surface area contributed by atoms with Crippen LogP contribution < -0.4 is 5.73 Å². The Hall–Kier alpha value is -2.48. The largest absolute Gasteiger partial charge is 0.507 e. The SMILES string of the molecule is COC(=O)c1ccc(C#CCC(N)=O)cc1O. The number of ether oxygens (including phenoxy) is 1. The Morgan fingerprint density at radius 1 is 1.47 bits per heavy atom. The molecule has 0 saturated heterocycles. The van der Waals surface area contributed by atoms with Crippen molar-refractivity contribution in [2.45, 2.75) is 6.42 Å². The van der Waals surface area contributed by atoms with Crippen LogP contribution in [0.15, 0.2) is 18.2 Å². The van der Waals surface area contributed by atoms with E-state index in [1.807, 2.05) is 0 Å². The molecule has 1 aromatic rings. The van der Waals surface area contributed by atoms with Crippen LogP contribution in [0.2, 0.25) is 0 Å². The van der Waals surface area contributed by atoms with Crippen molar-refractivity contribution in [3.8, 4) is 17.6 Å². The number of carbonyl (C=O) groups excluding carboxylic acids is 2. The molecule has 0 aromatic heterocycles. The van der Waals surface area contributed by atoms with Crippen molar-refractivity contribution in [1.82, 2.24) is 0 Å². The second kappa shape index (κ2) is 5.56. The quantitative estimate of drug-likeness (QED) is 0.571. The van der Waals surface area contributed by atoms with E-state index < -0.39 is 11.9 Å². The van der Waals surface area contributed by atoms with E-state index in [9.17, 15) is 14.7 Å². The lowest BCUT2D eigenvalue weighted by atomic mass is 10.1. The van der Waals surface area contributed by atoms with E-state index in [4.69, 9.17) is 5.73 Å². The Labute approximate surface area is 98.2 Å². The fourth-order valence-electron chi connectivity index (χ4n) is 1.13. The Bertz CT molecular complexity index is 511. The molecule has 1 rings (SSSR count). The lowest BCUT2D eigenvalue weighted by Crippen LogP contribution is -2.08. The van der Waals surface area contributed by atoms with Crippen LogP contribution >= 0.6 is 0 Å². The van der Waals surface area contributed by atoms with E-state index >= 15 is 0 Å². The fourth-order valence-corrected chi connectivity index (χ4v) is 1.13. The molecule has 0 bridgehead atoms. The minimum absolute atomic E-state index is 0.0560. The molecule has 3 N–H and O–H groups in total. The van der Waals surface area contributed by atoms with Gasteiger partial charge in [-0.15, -0.1) is 0 Å². The smallest absolute Gasteiger partial charge is 0.341 e. The molecule has 0 aliphatic heterocycles. The number of rotatable bonds is 2. The van der Waals surface area contributed by atoms with Gasteiger partial charge in [-0.3, -0.25) is 4.79 Å². The first kappa shape index (κ1) is 12.6. The van der Waals surface area contributed by atoms with Crippen LogP contribution in [0.25, 0.3) is 0 Å². The number of hydrogen-bond donors (Lipinski definition) is 2. The summed E-state index contributed by atoms with van der Waals surface area (Å²) >= 11 is 0. The summed E-state index contributed by atoms with van der Waals surface area (Å²) in [5, 5.41) is 9.54. The van der Waals surface area contributed by atoms with E-state index in [1.165, 1.54) is 19.2 Å². The van der Waals surface area contributed by atoms with Gasteiger partial charge in [0.15, 0.2) is 0 Å². The van der Waals surface area contributed by atoms with Crippen molar-refractivity contribution in [1.29, 1.82) is 0 Å². The summed E-state index contributed by atoms with van der Waals surface area (Å²) in [5.74, 6) is 3.81. The first-order chi connectivity index (χ1) is 8.04. The van der Waals surface area contributed by atoms with Crippen molar-refractivity contribution in [3.05, 3.63) is 29.3 Å². The third kappa shape index (κ3) is 3.54. The molecule has 17 heavy (non-hydrogen) atoms. The Kier molecular flexibility index (Phi) is 4.12. The Morgan fingerprint density at radius 3 is 2.71 bits per heavy atom. The fraction of sp³-hybridized carbons (Fsp3) is 0.167. The molecule has 0 spiro atoms.